The van der Waals surface area contributed by atoms with Crippen LogP contribution >= 0.6 is 15.9 Å². The van der Waals surface area contributed by atoms with Crippen LogP contribution in [-0.2, 0) is 20.7 Å². The number of hydrogen-bond donors (Lipinski definition) is 0. The smallest absolute Gasteiger partial charge is 0.410 e. The highest BCUT2D eigenvalue weighted by Gasteiger charge is 2.46. The Labute approximate surface area is 164 Å². The van der Waals surface area contributed by atoms with Crippen LogP contribution in [0.25, 0.3) is 0 Å². The Balaban J connectivity index is 2.17. The van der Waals surface area contributed by atoms with Gasteiger partial charge in [-0.25, -0.2) is 4.79 Å². The van der Waals surface area contributed by atoms with Crippen LogP contribution in [-0.4, -0.2) is 42.8 Å². The van der Waals surface area contributed by atoms with E-state index in [2.05, 4.69) is 15.9 Å². The van der Waals surface area contributed by atoms with Crippen molar-refractivity contribution in [1.29, 1.82) is 0 Å². The quantitative estimate of drug-likeness (QED) is 0.669. The molecule has 0 radical (unpaired) electrons. The minimum absolute atomic E-state index is 0.0152. The van der Waals surface area contributed by atoms with Crippen molar-refractivity contribution in [3.05, 3.63) is 34.3 Å². The van der Waals surface area contributed by atoms with E-state index in [0.717, 1.165) is 16.5 Å². The number of esters is 1. The van der Waals surface area contributed by atoms with E-state index < -0.39 is 11.0 Å². The Bertz CT molecular complexity index is 670. The SMILES string of the molecule is COC(=O)C(C)(Cc1cccc(Br)c1)[C@H]1CCN(C(=O)OC(C)(C)C)C1. The summed E-state index contributed by atoms with van der Waals surface area (Å²) in [6.45, 7) is 8.57. The molecule has 5 nitrogen and oxygen atoms in total. The van der Waals surface area contributed by atoms with Crippen molar-refractivity contribution in [3.8, 4) is 0 Å². The fourth-order valence-corrected chi connectivity index (χ4v) is 3.91. The number of halogens is 1. The van der Waals surface area contributed by atoms with E-state index in [-0.39, 0.29) is 18.0 Å². The van der Waals surface area contributed by atoms with Gasteiger partial charge in [-0.3, -0.25) is 4.79 Å². The van der Waals surface area contributed by atoms with Crippen molar-refractivity contribution in [2.45, 2.75) is 46.1 Å². The highest BCUT2D eigenvalue weighted by molar-refractivity contribution is 9.10. The van der Waals surface area contributed by atoms with Crippen LogP contribution in [0.3, 0.4) is 0 Å². The third-order valence-corrected chi connectivity index (χ3v) is 5.35. The highest BCUT2D eigenvalue weighted by Crippen LogP contribution is 2.39. The Hall–Kier alpha value is -1.56. The van der Waals surface area contributed by atoms with Crippen LogP contribution < -0.4 is 0 Å². The first-order valence-corrected chi connectivity index (χ1v) is 9.65. The van der Waals surface area contributed by atoms with E-state index in [4.69, 9.17) is 9.47 Å². The summed E-state index contributed by atoms with van der Waals surface area (Å²) in [5, 5.41) is 0. The molecule has 1 heterocycles. The summed E-state index contributed by atoms with van der Waals surface area (Å²) in [4.78, 5) is 26.7. The molecule has 1 aliphatic heterocycles. The van der Waals surface area contributed by atoms with Gasteiger partial charge in [0.2, 0.25) is 0 Å². The molecule has 0 aliphatic carbocycles. The van der Waals surface area contributed by atoms with Gasteiger partial charge in [0.15, 0.2) is 0 Å². The third-order valence-electron chi connectivity index (χ3n) is 4.85. The number of carbonyl (C=O) groups excluding carboxylic acids is 2. The summed E-state index contributed by atoms with van der Waals surface area (Å²) >= 11 is 3.48. The van der Waals surface area contributed by atoms with Gasteiger partial charge in [0, 0.05) is 17.6 Å². The zero-order valence-corrected chi connectivity index (χ0v) is 17.8. The van der Waals surface area contributed by atoms with Crippen molar-refractivity contribution in [1.82, 2.24) is 4.90 Å². The standard InChI is InChI=1S/C20H28BrNO4/c1-19(2,3)26-18(24)22-10-9-15(13-22)20(4,17(23)25-5)12-14-7-6-8-16(21)11-14/h6-8,11,15H,9-10,12-13H2,1-5H3/t15-,20?/m0/s1. The zero-order chi connectivity index (χ0) is 19.5. The molecule has 1 fully saturated rings. The molecule has 0 saturated carbocycles. The molecular formula is C20H28BrNO4. The maximum absolute atomic E-state index is 12.6. The van der Waals surface area contributed by atoms with E-state index in [0.29, 0.717) is 19.5 Å². The molecule has 0 N–H and O–H groups in total. The first-order chi connectivity index (χ1) is 12.0. The van der Waals surface area contributed by atoms with Crippen molar-refractivity contribution in [2.24, 2.45) is 11.3 Å². The van der Waals surface area contributed by atoms with Gasteiger partial charge in [0.25, 0.3) is 0 Å². The summed E-state index contributed by atoms with van der Waals surface area (Å²) in [6, 6.07) is 7.94. The van der Waals surface area contributed by atoms with Crippen molar-refractivity contribution in [2.75, 3.05) is 20.2 Å². The second-order valence-electron chi connectivity index (χ2n) is 8.13. The number of nitrogens with zero attached hydrogens (tertiary/aromatic N) is 1. The summed E-state index contributed by atoms with van der Waals surface area (Å²) < 4.78 is 11.6. The van der Waals surface area contributed by atoms with Crippen LogP contribution in [0.5, 0.6) is 0 Å². The number of methoxy groups -OCH3 is 1. The lowest BCUT2D eigenvalue weighted by atomic mass is 9.72. The first kappa shape index (κ1) is 20.7. The van der Waals surface area contributed by atoms with Gasteiger partial charge >= 0.3 is 12.1 Å². The van der Waals surface area contributed by atoms with Gasteiger partial charge in [0.05, 0.1) is 12.5 Å². The maximum Gasteiger partial charge on any atom is 0.410 e. The minimum atomic E-state index is -0.702. The average molecular weight is 426 g/mol. The lowest BCUT2D eigenvalue weighted by Crippen LogP contribution is -2.42. The number of ether oxygens (including phenoxy) is 2. The molecule has 1 saturated heterocycles. The van der Waals surface area contributed by atoms with E-state index in [1.54, 1.807) is 4.90 Å². The number of carbonyl (C=O) groups is 2. The highest BCUT2D eigenvalue weighted by atomic mass is 79.9. The molecule has 1 aliphatic rings. The molecular weight excluding hydrogens is 398 g/mol. The molecule has 1 amide bonds. The summed E-state index contributed by atoms with van der Waals surface area (Å²) in [7, 11) is 1.42. The van der Waals surface area contributed by atoms with Gasteiger partial charge in [-0.05, 0) is 64.2 Å². The van der Waals surface area contributed by atoms with Crippen molar-refractivity contribution >= 4 is 28.0 Å². The predicted molar refractivity (Wildman–Crippen MR) is 104 cm³/mol. The fourth-order valence-electron chi connectivity index (χ4n) is 3.46. The van der Waals surface area contributed by atoms with E-state index in [1.165, 1.54) is 7.11 Å². The van der Waals surface area contributed by atoms with E-state index >= 15 is 0 Å². The Morgan fingerprint density at radius 2 is 1.96 bits per heavy atom. The normalized spacial score (nSPS) is 19.8. The molecule has 2 atom stereocenters. The van der Waals surface area contributed by atoms with Gasteiger partial charge in [-0.15, -0.1) is 0 Å². The fraction of sp³-hybridized carbons (Fsp3) is 0.600. The Morgan fingerprint density at radius 3 is 2.54 bits per heavy atom. The van der Waals surface area contributed by atoms with E-state index in [1.807, 2.05) is 52.0 Å². The number of amides is 1. The molecule has 1 aromatic carbocycles. The third kappa shape index (κ3) is 5.00. The molecule has 2 rings (SSSR count). The summed E-state index contributed by atoms with van der Waals surface area (Å²) in [5.74, 6) is -0.227. The second kappa shape index (κ2) is 7.99. The summed E-state index contributed by atoms with van der Waals surface area (Å²) in [5.41, 5.74) is -0.174. The molecule has 144 valence electrons. The Kier molecular flexibility index (Phi) is 6.37. The zero-order valence-electron chi connectivity index (χ0n) is 16.2. The maximum atomic E-state index is 12.6. The molecule has 6 heteroatoms. The molecule has 26 heavy (non-hydrogen) atoms. The van der Waals surface area contributed by atoms with Crippen molar-refractivity contribution in [3.63, 3.8) is 0 Å². The van der Waals surface area contributed by atoms with Gasteiger partial charge in [-0.1, -0.05) is 28.1 Å². The van der Waals surface area contributed by atoms with Gasteiger partial charge in [-0.2, -0.15) is 0 Å². The monoisotopic (exact) mass is 425 g/mol. The van der Waals surface area contributed by atoms with E-state index in [9.17, 15) is 9.59 Å². The van der Waals surface area contributed by atoms with Gasteiger partial charge < -0.3 is 14.4 Å². The molecule has 1 unspecified atom stereocenters. The molecule has 1 aromatic rings. The average Bonchev–Trinajstić information content (AvgIpc) is 3.03. The molecule has 0 spiro atoms. The minimum Gasteiger partial charge on any atom is -0.469 e. The van der Waals surface area contributed by atoms with Crippen LogP contribution in [0.2, 0.25) is 0 Å². The van der Waals surface area contributed by atoms with Crippen LogP contribution in [0.15, 0.2) is 28.7 Å². The molecule has 0 aromatic heterocycles. The number of rotatable bonds is 4. The molecule has 0 bridgehead atoms. The topological polar surface area (TPSA) is 55.8 Å². The van der Waals surface area contributed by atoms with Gasteiger partial charge in [0.1, 0.15) is 5.60 Å². The number of benzene rings is 1. The second-order valence-corrected chi connectivity index (χ2v) is 9.04. The van der Waals surface area contributed by atoms with Crippen molar-refractivity contribution < 1.29 is 19.1 Å². The number of hydrogen-bond acceptors (Lipinski definition) is 4. The Morgan fingerprint density at radius 1 is 1.27 bits per heavy atom. The number of likely N-dealkylation sites (tertiary alicyclic amines) is 1. The summed E-state index contributed by atoms with van der Waals surface area (Å²) in [6.07, 6.45) is 0.986. The largest absolute Gasteiger partial charge is 0.469 e. The lowest BCUT2D eigenvalue weighted by molar-refractivity contribution is -0.155. The lowest BCUT2D eigenvalue weighted by Gasteiger charge is -2.33. The van der Waals surface area contributed by atoms with Crippen LogP contribution in [0, 0.1) is 11.3 Å². The first-order valence-electron chi connectivity index (χ1n) is 8.86. The van der Waals surface area contributed by atoms with Crippen LogP contribution in [0.4, 0.5) is 4.79 Å². The predicted octanol–water partition coefficient (Wildman–Crippen LogP) is 4.43. The van der Waals surface area contributed by atoms with Crippen LogP contribution in [0.1, 0.15) is 39.7 Å².